The highest BCUT2D eigenvalue weighted by molar-refractivity contribution is 8.00. The second-order valence-electron chi connectivity index (χ2n) is 14.2. The van der Waals surface area contributed by atoms with E-state index in [9.17, 15) is 24.0 Å². The number of likely N-dealkylation sites (tertiary alicyclic amines) is 1. The maximum atomic E-state index is 13.4. The summed E-state index contributed by atoms with van der Waals surface area (Å²) >= 11 is 3.11. The molecule has 0 bridgehead atoms. The number of carbonyl (C=O) groups is 5. The molecule has 0 aliphatic carbocycles. The lowest BCUT2D eigenvalue weighted by Crippen LogP contribution is -2.44. The Morgan fingerprint density at radius 2 is 1.33 bits per heavy atom. The number of thioether (sulfide) groups is 2. The summed E-state index contributed by atoms with van der Waals surface area (Å²) in [6, 6.07) is 23.2. The number of ether oxygens (including phenoxy) is 2. The van der Waals surface area contributed by atoms with E-state index in [2.05, 4.69) is 5.32 Å². The average molecular weight is 801 g/mol. The summed E-state index contributed by atoms with van der Waals surface area (Å²) in [7, 11) is 1.30. The highest BCUT2D eigenvalue weighted by Crippen LogP contribution is 2.41. The van der Waals surface area contributed by atoms with Crippen LogP contribution in [0.3, 0.4) is 0 Å². The SMILES string of the molecule is COC(=O)[C@@H]1[C@@H](CC(=O)OC(C)(C)C)[C@@H](Sc2ccc(C)cc2)CN1C(=O)c1ccccc1.Cc1ccc(S[C@H]2CN[C@H](C(=O)O)[C@H]2CC(=O)O)cc1.Cl. The first-order valence-electron chi connectivity index (χ1n) is 17.4. The van der Waals surface area contributed by atoms with E-state index < -0.39 is 53.4 Å². The van der Waals surface area contributed by atoms with Crippen LogP contribution in [0.2, 0.25) is 0 Å². The van der Waals surface area contributed by atoms with Crippen LogP contribution < -0.4 is 5.32 Å². The zero-order chi connectivity index (χ0) is 38.9. The van der Waals surface area contributed by atoms with E-state index in [0.29, 0.717) is 18.7 Å². The Morgan fingerprint density at radius 1 is 0.796 bits per heavy atom. The number of hydrogen-bond acceptors (Lipinski definition) is 10. The Labute approximate surface area is 331 Å². The van der Waals surface area contributed by atoms with E-state index in [1.165, 1.54) is 7.11 Å². The van der Waals surface area contributed by atoms with Crippen LogP contribution in [0.15, 0.2) is 88.7 Å². The molecule has 2 fully saturated rings. The number of nitrogens with zero attached hydrogens (tertiary/aromatic N) is 1. The molecule has 2 aliphatic heterocycles. The van der Waals surface area contributed by atoms with E-state index in [1.807, 2.05) is 68.4 Å². The van der Waals surface area contributed by atoms with Crippen LogP contribution in [0.4, 0.5) is 0 Å². The van der Waals surface area contributed by atoms with Crippen molar-refractivity contribution in [2.45, 2.75) is 85.4 Å². The fourth-order valence-electron chi connectivity index (χ4n) is 6.39. The molecule has 2 aliphatic rings. The molecular weight excluding hydrogens is 752 g/mol. The third-order valence-corrected chi connectivity index (χ3v) is 11.6. The van der Waals surface area contributed by atoms with Gasteiger partial charge >= 0.3 is 23.9 Å². The summed E-state index contributed by atoms with van der Waals surface area (Å²) in [5.41, 5.74) is 2.15. The number of carboxylic acid groups (broad SMARTS) is 2. The summed E-state index contributed by atoms with van der Waals surface area (Å²) in [6.45, 7) is 10.3. The van der Waals surface area contributed by atoms with Gasteiger partial charge in [-0.3, -0.25) is 19.2 Å². The maximum Gasteiger partial charge on any atom is 0.328 e. The summed E-state index contributed by atoms with van der Waals surface area (Å²) in [5, 5.41) is 20.8. The predicted octanol–water partition coefficient (Wildman–Crippen LogP) is 6.53. The van der Waals surface area contributed by atoms with E-state index in [1.54, 1.807) is 73.5 Å². The number of methoxy groups -OCH3 is 1. The zero-order valence-corrected chi connectivity index (χ0v) is 33.7. The molecule has 0 saturated carbocycles. The first-order valence-corrected chi connectivity index (χ1v) is 19.1. The van der Waals surface area contributed by atoms with Gasteiger partial charge < -0.3 is 29.9 Å². The normalized spacial score (nSPS) is 21.9. The number of aryl methyl sites for hydroxylation is 2. The number of nitrogens with one attached hydrogen (secondary N) is 1. The van der Waals surface area contributed by atoms with Gasteiger partial charge in [0.25, 0.3) is 5.91 Å². The Hall–Kier alpha value is -4.04. The minimum absolute atomic E-state index is 0. The van der Waals surface area contributed by atoms with Crippen LogP contribution in [0.5, 0.6) is 0 Å². The van der Waals surface area contributed by atoms with Crippen molar-refractivity contribution < 1.29 is 43.7 Å². The van der Waals surface area contributed by atoms with Crippen molar-refractivity contribution >= 4 is 65.7 Å². The predicted molar refractivity (Wildman–Crippen MR) is 211 cm³/mol. The summed E-state index contributed by atoms with van der Waals surface area (Å²) in [4.78, 5) is 64.7. The number of rotatable bonds is 11. The summed E-state index contributed by atoms with van der Waals surface area (Å²) < 4.78 is 10.6. The molecule has 3 N–H and O–H groups in total. The van der Waals surface area contributed by atoms with Crippen LogP contribution in [0.25, 0.3) is 0 Å². The minimum Gasteiger partial charge on any atom is -0.481 e. The molecule has 292 valence electrons. The van der Waals surface area contributed by atoms with Crippen molar-refractivity contribution in [2.24, 2.45) is 11.8 Å². The van der Waals surface area contributed by atoms with Crippen LogP contribution in [0, 0.1) is 25.7 Å². The molecule has 5 rings (SSSR count). The number of amides is 1. The number of benzene rings is 3. The molecule has 6 atom stereocenters. The fourth-order valence-corrected chi connectivity index (χ4v) is 8.94. The minimum atomic E-state index is -0.983. The van der Waals surface area contributed by atoms with Crippen molar-refractivity contribution in [3.05, 3.63) is 95.6 Å². The van der Waals surface area contributed by atoms with Gasteiger partial charge in [0.15, 0.2) is 0 Å². The number of esters is 2. The quantitative estimate of drug-likeness (QED) is 0.181. The van der Waals surface area contributed by atoms with E-state index >= 15 is 0 Å². The second kappa shape index (κ2) is 20.0. The van der Waals surface area contributed by atoms with E-state index in [4.69, 9.17) is 19.7 Å². The van der Waals surface area contributed by atoms with Crippen molar-refractivity contribution in [2.75, 3.05) is 20.2 Å². The Morgan fingerprint density at radius 3 is 1.81 bits per heavy atom. The number of hydrogen-bond donors (Lipinski definition) is 3. The standard InChI is InChI=1S/C26H31NO5S.C14H17NO4S.ClH/c1-17-11-13-19(14-12-17)33-21-16-27(24(29)18-9-7-6-8-10-18)23(25(30)31-5)20(21)15-22(28)32-26(2,3)4;1-8-2-4-9(5-3-8)20-11-7-15-13(14(18)19)10(11)6-12(16)17;/h6-14,20-21,23H,15-16H2,1-5H3;2-5,10-11,13,15H,6-7H2,1H3,(H,16,17)(H,18,19);1H/t20-,21-,23-;10-,11-,13-;/m00./s1. The third kappa shape index (κ3) is 12.5. The van der Waals surface area contributed by atoms with Gasteiger partial charge in [0, 0.05) is 50.8 Å². The lowest BCUT2D eigenvalue weighted by atomic mass is 9.95. The number of halogens is 1. The lowest BCUT2D eigenvalue weighted by molar-refractivity contribution is -0.157. The Balaban J connectivity index is 0.000000320. The highest BCUT2D eigenvalue weighted by atomic mass is 35.5. The molecule has 0 unspecified atom stereocenters. The van der Waals surface area contributed by atoms with Crippen LogP contribution >= 0.6 is 35.9 Å². The van der Waals surface area contributed by atoms with Gasteiger partial charge in [-0.15, -0.1) is 35.9 Å². The number of carboxylic acids is 2. The topological polar surface area (TPSA) is 160 Å². The summed E-state index contributed by atoms with van der Waals surface area (Å²) in [6.07, 6.45) is -0.118. The second-order valence-corrected chi connectivity index (χ2v) is 16.8. The number of aliphatic carboxylic acids is 2. The van der Waals surface area contributed by atoms with Gasteiger partial charge in [-0.25, -0.2) is 4.79 Å². The molecule has 2 saturated heterocycles. The van der Waals surface area contributed by atoms with E-state index in [0.717, 1.165) is 20.9 Å². The molecule has 3 aromatic carbocycles. The summed E-state index contributed by atoms with van der Waals surface area (Å²) in [5.74, 6) is -3.98. The van der Waals surface area contributed by atoms with Crippen molar-refractivity contribution in [3.63, 3.8) is 0 Å². The Bertz CT molecular complexity index is 1740. The van der Waals surface area contributed by atoms with Crippen molar-refractivity contribution in [1.82, 2.24) is 10.2 Å². The number of carbonyl (C=O) groups excluding carboxylic acids is 3. The van der Waals surface area contributed by atoms with Gasteiger partial charge in [0.2, 0.25) is 0 Å². The first-order chi connectivity index (χ1) is 25.1. The van der Waals surface area contributed by atoms with Gasteiger partial charge in [0.1, 0.15) is 17.7 Å². The van der Waals surface area contributed by atoms with Gasteiger partial charge in [-0.1, -0.05) is 53.6 Å². The van der Waals surface area contributed by atoms with Crippen LogP contribution in [-0.2, 0) is 28.7 Å². The molecule has 2 heterocycles. The molecule has 14 heteroatoms. The molecule has 3 aromatic rings. The first kappa shape index (κ1) is 44.4. The molecule has 54 heavy (non-hydrogen) atoms. The maximum absolute atomic E-state index is 13.4. The Kier molecular flexibility index (Phi) is 16.5. The highest BCUT2D eigenvalue weighted by Gasteiger charge is 2.50. The van der Waals surface area contributed by atoms with Crippen molar-refractivity contribution in [3.8, 4) is 0 Å². The molecular formula is C40H49ClN2O9S2. The molecule has 11 nitrogen and oxygen atoms in total. The van der Waals surface area contributed by atoms with Gasteiger partial charge in [-0.05, 0) is 71.0 Å². The lowest BCUT2D eigenvalue weighted by Gasteiger charge is -2.27. The third-order valence-electron chi connectivity index (χ3n) is 8.88. The zero-order valence-electron chi connectivity index (χ0n) is 31.2. The largest absolute Gasteiger partial charge is 0.481 e. The smallest absolute Gasteiger partial charge is 0.328 e. The van der Waals surface area contributed by atoms with Crippen molar-refractivity contribution in [1.29, 1.82) is 0 Å². The van der Waals surface area contributed by atoms with Gasteiger partial charge in [-0.2, -0.15) is 0 Å². The van der Waals surface area contributed by atoms with E-state index in [-0.39, 0.29) is 41.7 Å². The monoisotopic (exact) mass is 800 g/mol. The fraction of sp³-hybridized carbons (Fsp3) is 0.425. The van der Waals surface area contributed by atoms with Crippen LogP contribution in [0.1, 0.15) is 55.1 Å². The molecule has 0 aromatic heterocycles. The molecule has 0 radical (unpaired) electrons. The molecule has 0 spiro atoms. The molecule has 1 amide bonds. The van der Waals surface area contributed by atoms with Crippen LogP contribution in [-0.4, -0.2) is 93.3 Å². The average Bonchev–Trinajstić information content (AvgIpc) is 3.66. The van der Waals surface area contributed by atoms with Gasteiger partial charge in [0.05, 0.1) is 20.0 Å².